The van der Waals surface area contributed by atoms with Gasteiger partial charge in [0.2, 0.25) is 0 Å². The molecule has 1 rings (SSSR count). The molecule has 1 unspecified atom stereocenters. The van der Waals surface area contributed by atoms with Crippen molar-refractivity contribution in [2.45, 2.75) is 123 Å². The number of carbonyl (C=O) groups excluding carboxylic acids is 2. The molecule has 1 amide bonds. The van der Waals surface area contributed by atoms with Gasteiger partial charge in [0.05, 0.1) is 6.04 Å². The first kappa shape index (κ1) is 25.7. The van der Waals surface area contributed by atoms with Crippen LogP contribution in [0.5, 0.6) is 0 Å². The Bertz CT molecular complexity index is 526. The van der Waals surface area contributed by atoms with Gasteiger partial charge in [-0.25, -0.2) is 0 Å². The fourth-order valence-electron chi connectivity index (χ4n) is 4.30. The van der Waals surface area contributed by atoms with Gasteiger partial charge in [0.1, 0.15) is 11.3 Å². The lowest BCUT2D eigenvalue weighted by Gasteiger charge is -2.22. The molecule has 1 aliphatic heterocycles. The van der Waals surface area contributed by atoms with Crippen molar-refractivity contribution in [1.29, 1.82) is 0 Å². The van der Waals surface area contributed by atoms with E-state index < -0.39 is 6.04 Å². The first-order chi connectivity index (χ1) is 14.0. The number of hydrogen-bond donors (Lipinski definition) is 1. The van der Waals surface area contributed by atoms with E-state index in [1.54, 1.807) is 7.05 Å². The normalized spacial score (nSPS) is 19.9. The minimum atomic E-state index is -0.420. The number of aliphatic hydroxyl groups is 1. The molecule has 0 saturated carbocycles. The zero-order chi connectivity index (χ0) is 21.6. The van der Waals surface area contributed by atoms with Crippen molar-refractivity contribution in [3.05, 3.63) is 11.3 Å². The van der Waals surface area contributed by atoms with Crippen LogP contribution >= 0.6 is 0 Å². The van der Waals surface area contributed by atoms with Crippen molar-refractivity contribution in [3.8, 4) is 0 Å². The Morgan fingerprint density at radius 3 is 1.76 bits per heavy atom. The lowest BCUT2D eigenvalue weighted by atomic mass is 9.94. The highest BCUT2D eigenvalue weighted by Crippen LogP contribution is 2.29. The van der Waals surface area contributed by atoms with Crippen molar-refractivity contribution in [3.63, 3.8) is 0 Å². The molecule has 4 heteroatoms. The summed E-state index contributed by atoms with van der Waals surface area (Å²) in [5, 5.41) is 10.4. The summed E-state index contributed by atoms with van der Waals surface area (Å²) in [7, 11) is 1.67. The molecule has 0 bridgehead atoms. The smallest absolute Gasteiger partial charge is 0.261 e. The number of aliphatic hydroxyl groups excluding tert-OH is 1. The molecule has 1 N–H and O–H groups in total. The van der Waals surface area contributed by atoms with E-state index in [-0.39, 0.29) is 28.9 Å². The van der Waals surface area contributed by atoms with Gasteiger partial charge in [-0.1, -0.05) is 104 Å². The van der Waals surface area contributed by atoms with Gasteiger partial charge < -0.3 is 10.0 Å². The molecule has 29 heavy (non-hydrogen) atoms. The van der Waals surface area contributed by atoms with Gasteiger partial charge in [-0.05, 0) is 12.3 Å². The Kier molecular flexibility index (Phi) is 13.0. The van der Waals surface area contributed by atoms with Crippen LogP contribution in [0.4, 0.5) is 0 Å². The first-order valence-electron chi connectivity index (χ1n) is 12.2. The summed E-state index contributed by atoms with van der Waals surface area (Å²) in [6.07, 6.45) is 17.8. The number of hydrogen-bond acceptors (Lipinski definition) is 3. The lowest BCUT2D eigenvalue weighted by molar-refractivity contribution is -0.126. The maximum atomic E-state index is 12.6. The Morgan fingerprint density at radius 1 is 0.862 bits per heavy atom. The van der Waals surface area contributed by atoms with E-state index >= 15 is 0 Å². The molecule has 0 aromatic heterocycles. The van der Waals surface area contributed by atoms with E-state index in [0.29, 0.717) is 6.42 Å². The van der Waals surface area contributed by atoms with Crippen LogP contribution in [0.25, 0.3) is 0 Å². The highest BCUT2D eigenvalue weighted by molar-refractivity contribution is 6.26. The van der Waals surface area contributed by atoms with Crippen LogP contribution in [0.15, 0.2) is 11.3 Å². The molecule has 1 fully saturated rings. The molecule has 0 aliphatic carbocycles. The number of likely N-dealkylation sites (tertiary alicyclic amines) is 1. The third kappa shape index (κ3) is 8.52. The number of amides is 1. The van der Waals surface area contributed by atoms with Gasteiger partial charge in [0.25, 0.3) is 5.91 Å². The van der Waals surface area contributed by atoms with E-state index in [9.17, 15) is 14.7 Å². The zero-order valence-electron chi connectivity index (χ0n) is 19.5. The van der Waals surface area contributed by atoms with Gasteiger partial charge in [-0.2, -0.15) is 0 Å². The molecule has 1 saturated heterocycles. The second-order valence-corrected chi connectivity index (χ2v) is 8.93. The largest absolute Gasteiger partial charge is 0.511 e. The number of likely N-dealkylation sites (N-methyl/N-ethyl adjacent to an activating group) is 1. The summed E-state index contributed by atoms with van der Waals surface area (Å²) in [5.41, 5.74) is 0.0386. The fraction of sp³-hybridized carbons (Fsp3) is 0.840. The van der Waals surface area contributed by atoms with Crippen LogP contribution in [0.3, 0.4) is 0 Å². The Hall–Kier alpha value is -1.32. The number of nitrogens with zero attached hydrogens (tertiary/aromatic N) is 1. The van der Waals surface area contributed by atoms with Crippen molar-refractivity contribution < 1.29 is 14.7 Å². The summed E-state index contributed by atoms with van der Waals surface area (Å²) >= 11 is 0. The highest BCUT2D eigenvalue weighted by Gasteiger charge is 2.44. The number of unbranched alkanes of at least 4 members (excludes halogenated alkanes) is 12. The Balaban J connectivity index is 2.18. The molecule has 0 aromatic rings. The Labute approximate surface area is 179 Å². The number of ketones is 1. The minimum absolute atomic E-state index is 0.000672. The van der Waals surface area contributed by atoms with Gasteiger partial charge in [-0.15, -0.1) is 0 Å². The van der Waals surface area contributed by atoms with Crippen LogP contribution in [0.2, 0.25) is 0 Å². The fourth-order valence-corrected chi connectivity index (χ4v) is 4.30. The summed E-state index contributed by atoms with van der Waals surface area (Å²) in [6, 6.07) is -0.420. The average Bonchev–Trinajstić information content (AvgIpc) is 2.93. The summed E-state index contributed by atoms with van der Waals surface area (Å²) in [5.74, 6) is -0.398. The topological polar surface area (TPSA) is 57.6 Å². The molecule has 168 valence electrons. The molecule has 0 aromatic carbocycles. The van der Waals surface area contributed by atoms with Gasteiger partial charge in [0.15, 0.2) is 5.78 Å². The molecule has 0 spiro atoms. The number of allylic oxidation sites excluding steroid dienone is 1. The molecule has 4 nitrogen and oxygen atoms in total. The summed E-state index contributed by atoms with van der Waals surface area (Å²) in [6.45, 7) is 6.26. The third-order valence-corrected chi connectivity index (χ3v) is 6.46. The van der Waals surface area contributed by atoms with Crippen molar-refractivity contribution >= 4 is 11.7 Å². The molecule has 1 heterocycles. The maximum absolute atomic E-state index is 12.6. The first-order valence-corrected chi connectivity index (χ1v) is 12.2. The van der Waals surface area contributed by atoms with E-state index in [1.807, 2.05) is 13.8 Å². The van der Waals surface area contributed by atoms with E-state index in [1.165, 1.54) is 69.1 Å². The van der Waals surface area contributed by atoms with Gasteiger partial charge in [-0.3, -0.25) is 9.59 Å². The van der Waals surface area contributed by atoms with Crippen molar-refractivity contribution in [1.82, 2.24) is 4.90 Å². The highest BCUT2D eigenvalue weighted by atomic mass is 16.3. The standard InChI is InChI=1S/C25H45NO3/c1-5-7-8-9-10-11-12-13-14-15-16-17-18-19-21(27)22-24(28)23(20(3)6-2)26(4)25(22)29/h20,23,27H,5-19H2,1-4H3/b22-21-/t20?,23-/m0/s1. The van der Waals surface area contributed by atoms with E-state index in [2.05, 4.69) is 6.92 Å². The van der Waals surface area contributed by atoms with Crippen LogP contribution in [0.1, 0.15) is 117 Å². The number of carbonyl (C=O) groups is 2. The summed E-state index contributed by atoms with van der Waals surface area (Å²) in [4.78, 5) is 26.5. The van der Waals surface area contributed by atoms with Crippen molar-refractivity contribution in [2.24, 2.45) is 5.92 Å². The Morgan fingerprint density at radius 2 is 1.31 bits per heavy atom. The molecule has 2 atom stereocenters. The van der Waals surface area contributed by atoms with Crippen LogP contribution < -0.4 is 0 Å². The third-order valence-electron chi connectivity index (χ3n) is 6.46. The molecular weight excluding hydrogens is 362 g/mol. The summed E-state index contributed by atoms with van der Waals surface area (Å²) < 4.78 is 0. The van der Waals surface area contributed by atoms with Gasteiger partial charge >= 0.3 is 0 Å². The van der Waals surface area contributed by atoms with E-state index in [0.717, 1.165) is 25.7 Å². The zero-order valence-corrected chi connectivity index (χ0v) is 19.5. The predicted octanol–water partition coefficient (Wildman–Crippen LogP) is 6.74. The average molecular weight is 408 g/mol. The molecule has 1 aliphatic rings. The number of rotatable bonds is 16. The minimum Gasteiger partial charge on any atom is -0.511 e. The van der Waals surface area contributed by atoms with Crippen LogP contribution in [-0.4, -0.2) is 34.8 Å². The maximum Gasteiger partial charge on any atom is 0.261 e. The molecular formula is C25H45NO3. The quantitative estimate of drug-likeness (QED) is 0.133. The SMILES string of the molecule is CCCCCCCCCCCCCCC/C(O)=C1\C(=O)[C@H](C(C)CC)N(C)C1=O. The monoisotopic (exact) mass is 407 g/mol. The second kappa shape index (κ2) is 14.6. The lowest BCUT2D eigenvalue weighted by Crippen LogP contribution is -2.36. The van der Waals surface area contributed by atoms with E-state index in [4.69, 9.17) is 0 Å². The van der Waals surface area contributed by atoms with Crippen LogP contribution in [0, 0.1) is 5.92 Å². The molecule has 0 radical (unpaired) electrons. The van der Waals surface area contributed by atoms with Gasteiger partial charge in [0, 0.05) is 13.5 Å². The number of Topliss-reactive ketones (excluding diaryl/α,β-unsaturated/α-hetero) is 1. The second-order valence-electron chi connectivity index (χ2n) is 8.93. The van der Waals surface area contributed by atoms with Crippen LogP contribution in [-0.2, 0) is 9.59 Å². The van der Waals surface area contributed by atoms with Crippen molar-refractivity contribution in [2.75, 3.05) is 7.05 Å². The predicted molar refractivity (Wildman–Crippen MR) is 121 cm³/mol.